The molecule has 0 spiro atoms. The average Bonchev–Trinajstić information content (AvgIpc) is 2.96. The number of nitrogens with one attached hydrogen (secondary N) is 1. The molecule has 24 heavy (non-hydrogen) atoms. The van der Waals surface area contributed by atoms with Crippen molar-refractivity contribution < 1.29 is 14.3 Å². The van der Waals surface area contributed by atoms with Gasteiger partial charge in [0.25, 0.3) is 0 Å². The van der Waals surface area contributed by atoms with Crippen molar-refractivity contribution in [2.75, 3.05) is 20.8 Å². The molecule has 0 aliphatic carbocycles. The molecule has 1 heterocycles. The molecule has 5 nitrogen and oxygen atoms in total. The van der Waals surface area contributed by atoms with Crippen molar-refractivity contribution in [3.8, 4) is 11.5 Å². The van der Waals surface area contributed by atoms with Crippen molar-refractivity contribution in [3.05, 3.63) is 58.1 Å². The summed E-state index contributed by atoms with van der Waals surface area (Å²) in [7, 11) is 3.23. The Labute approximate surface area is 149 Å². The highest BCUT2D eigenvalue weighted by molar-refractivity contribution is 9.10. The van der Waals surface area contributed by atoms with E-state index in [2.05, 4.69) is 38.3 Å². The molecule has 1 fully saturated rings. The van der Waals surface area contributed by atoms with Gasteiger partial charge in [-0.15, -0.1) is 0 Å². The van der Waals surface area contributed by atoms with E-state index in [1.807, 2.05) is 30.3 Å². The summed E-state index contributed by atoms with van der Waals surface area (Å²) in [5.74, 6) is 1.42. The first-order chi connectivity index (χ1) is 11.6. The molecule has 1 saturated heterocycles. The Morgan fingerprint density at radius 2 is 1.75 bits per heavy atom. The van der Waals surface area contributed by atoms with Gasteiger partial charge in [0.05, 0.1) is 20.8 Å². The molecule has 0 saturated carbocycles. The van der Waals surface area contributed by atoms with Gasteiger partial charge in [-0.05, 0) is 35.4 Å². The van der Waals surface area contributed by atoms with E-state index in [-0.39, 0.29) is 12.1 Å². The maximum Gasteiger partial charge on any atom is 0.235 e. The van der Waals surface area contributed by atoms with Crippen LogP contribution < -0.4 is 14.8 Å². The number of ether oxygens (including phenoxy) is 2. The Bertz CT molecular complexity index is 711. The van der Waals surface area contributed by atoms with E-state index < -0.39 is 0 Å². The molecule has 1 amide bonds. The highest BCUT2D eigenvalue weighted by Gasteiger charge is 2.31. The van der Waals surface area contributed by atoms with Crippen LogP contribution in [0.25, 0.3) is 0 Å². The molecule has 126 valence electrons. The van der Waals surface area contributed by atoms with Crippen LogP contribution in [-0.4, -0.2) is 31.6 Å². The fourth-order valence-electron chi connectivity index (χ4n) is 2.82. The van der Waals surface area contributed by atoms with E-state index in [1.54, 1.807) is 14.2 Å². The SMILES string of the molecule is COc1cc(OC)cc([C@H]2NC(=O)CN2Cc2ccc(Br)cc2)c1. The van der Waals surface area contributed by atoms with E-state index in [0.717, 1.165) is 15.6 Å². The predicted molar refractivity (Wildman–Crippen MR) is 95.0 cm³/mol. The van der Waals surface area contributed by atoms with Crippen LogP contribution >= 0.6 is 15.9 Å². The lowest BCUT2D eigenvalue weighted by Gasteiger charge is -2.24. The topological polar surface area (TPSA) is 50.8 Å². The first-order valence-corrected chi connectivity index (χ1v) is 8.39. The number of carbonyl (C=O) groups is 1. The molecule has 0 radical (unpaired) electrons. The molecule has 1 N–H and O–H groups in total. The molecule has 2 aromatic carbocycles. The maximum absolute atomic E-state index is 12.0. The van der Waals surface area contributed by atoms with Gasteiger partial charge in [-0.25, -0.2) is 0 Å². The number of amides is 1. The monoisotopic (exact) mass is 390 g/mol. The van der Waals surface area contributed by atoms with E-state index in [9.17, 15) is 4.79 Å². The van der Waals surface area contributed by atoms with Crippen molar-refractivity contribution in [1.29, 1.82) is 0 Å². The molecule has 3 rings (SSSR count). The zero-order chi connectivity index (χ0) is 17.1. The second-order valence-corrected chi connectivity index (χ2v) is 6.56. The molecule has 1 aliphatic heterocycles. The van der Waals surface area contributed by atoms with Gasteiger partial charge in [0.15, 0.2) is 0 Å². The highest BCUT2D eigenvalue weighted by atomic mass is 79.9. The summed E-state index contributed by atoms with van der Waals surface area (Å²) in [4.78, 5) is 14.1. The van der Waals surface area contributed by atoms with Gasteiger partial charge in [-0.1, -0.05) is 28.1 Å². The highest BCUT2D eigenvalue weighted by Crippen LogP contribution is 2.31. The summed E-state index contributed by atoms with van der Waals surface area (Å²) in [5.41, 5.74) is 2.09. The van der Waals surface area contributed by atoms with Gasteiger partial charge in [0.1, 0.15) is 17.7 Å². The van der Waals surface area contributed by atoms with Gasteiger partial charge in [-0.2, -0.15) is 0 Å². The molecule has 0 unspecified atom stereocenters. The van der Waals surface area contributed by atoms with Gasteiger partial charge in [-0.3, -0.25) is 9.69 Å². The lowest BCUT2D eigenvalue weighted by molar-refractivity contribution is -0.118. The second-order valence-electron chi connectivity index (χ2n) is 5.65. The number of carbonyl (C=O) groups excluding carboxylic acids is 1. The Morgan fingerprint density at radius 1 is 1.12 bits per heavy atom. The summed E-state index contributed by atoms with van der Waals surface area (Å²) in [6.45, 7) is 1.04. The molecule has 1 atom stereocenters. The number of benzene rings is 2. The van der Waals surface area contributed by atoms with Crippen molar-refractivity contribution >= 4 is 21.8 Å². The number of methoxy groups -OCH3 is 2. The third kappa shape index (κ3) is 3.71. The molecular formula is C18H19BrN2O3. The number of hydrogen-bond donors (Lipinski definition) is 1. The number of rotatable bonds is 5. The Balaban J connectivity index is 1.87. The molecule has 0 bridgehead atoms. The lowest BCUT2D eigenvalue weighted by Crippen LogP contribution is -2.27. The molecule has 1 aliphatic rings. The summed E-state index contributed by atoms with van der Waals surface area (Å²) < 4.78 is 11.7. The standard InChI is InChI=1S/C18H19BrN2O3/c1-23-15-7-13(8-16(9-15)24-2)18-20-17(22)11-21(18)10-12-3-5-14(19)6-4-12/h3-9,18H,10-11H2,1-2H3,(H,20,22)/t18-/m0/s1. The third-order valence-corrected chi connectivity index (χ3v) is 4.53. The van der Waals surface area contributed by atoms with Crippen LogP contribution in [0.4, 0.5) is 0 Å². The fourth-order valence-corrected chi connectivity index (χ4v) is 3.08. The number of halogens is 1. The molecule has 0 aromatic heterocycles. The van der Waals surface area contributed by atoms with Gasteiger partial charge in [0, 0.05) is 17.1 Å². The zero-order valence-corrected chi connectivity index (χ0v) is 15.2. The minimum atomic E-state index is -0.204. The summed E-state index contributed by atoms with van der Waals surface area (Å²) in [5, 5.41) is 3.02. The normalized spacial score (nSPS) is 17.6. The van der Waals surface area contributed by atoms with Crippen LogP contribution in [0.15, 0.2) is 46.9 Å². The second kappa shape index (κ2) is 7.23. The number of nitrogens with zero attached hydrogens (tertiary/aromatic N) is 1. The Morgan fingerprint density at radius 3 is 2.33 bits per heavy atom. The lowest BCUT2D eigenvalue weighted by atomic mass is 10.1. The van der Waals surface area contributed by atoms with Gasteiger partial charge >= 0.3 is 0 Å². The minimum Gasteiger partial charge on any atom is -0.497 e. The van der Waals surface area contributed by atoms with Crippen LogP contribution in [0, 0.1) is 0 Å². The Kier molecular flexibility index (Phi) is 5.06. The van der Waals surface area contributed by atoms with E-state index in [4.69, 9.17) is 9.47 Å². The van der Waals surface area contributed by atoms with E-state index in [0.29, 0.717) is 24.6 Å². The quantitative estimate of drug-likeness (QED) is 0.851. The zero-order valence-electron chi connectivity index (χ0n) is 13.6. The maximum atomic E-state index is 12.0. The van der Waals surface area contributed by atoms with Crippen molar-refractivity contribution in [3.63, 3.8) is 0 Å². The predicted octanol–water partition coefficient (Wildman–Crippen LogP) is 3.10. The van der Waals surface area contributed by atoms with Crippen molar-refractivity contribution in [2.24, 2.45) is 0 Å². The summed E-state index contributed by atoms with van der Waals surface area (Å²) >= 11 is 3.44. The number of hydrogen-bond acceptors (Lipinski definition) is 4. The van der Waals surface area contributed by atoms with E-state index >= 15 is 0 Å². The summed E-state index contributed by atoms with van der Waals surface area (Å²) in [6.07, 6.45) is -0.204. The average molecular weight is 391 g/mol. The van der Waals surface area contributed by atoms with Crippen LogP contribution in [0.5, 0.6) is 11.5 Å². The molecular weight excluding hydrogens is 372 g/mol. The third-order valence-electron chi connectivity index (χ3n) is 4.00. The minimum absolute atomic E-state index is 0.0129. The Hall–Kier alpha value is -2.05. The van der Waals surface area contributed by atoms with Gasteiger partial charge in [0.2, 0.25) is 5.91 Å². The van der Waals surface area contributed by atoms with Crippen LogP contribution in [0.3, 0.4) is 0 Å². The van der Waals surface area contributed by atoms with Crippen molar-refractivity contribution in [1.82, 2.24) is 10.2 Å². The smallest absolute Gasteiger partial charge is 0.235 e. The van der Waals surface area contributed by atoms with Crippen LogP contribution in [0.1, 0.15) is 17.3 Å². The first kappa shape index (κ1) is 16.8. The molecule has 2 aromatic rings. The van der Waals surface area contributed by atoms with Crippen LogP contribution in [-0.2, 0) is 11.3 Å². The van der Waals surface area contributed by atoms with E-state index in [1.165, 1.54) is 0 Å². The molecule has 6 heteroatoms. The largest absolute Gasteiger partial charge is 0.497 e. The summed E-state index contributed by atoms with van der Waals surface area (Å²) in [6, 6.07) is 13.8. The fraction of sp³-hybridized carbons (Fsp3) is 0.278. The first-order valence-electron chi connectivity index (χ1n) is 7.60. The van der Waals surface area contributed by atoms with Crippen molar-refractivity contribution in [2.45, 2.75) is 12.7 Å². The van der Waals surface area contributed by atoms with Gasteiger partial charge < -0.3 is 14.8 Å². The van der Waals surface area contributed by atoms with Crippen LogP contribution in [0.2, 0.25) is 0 Å².